The van der Waals surface area contributed by atoms with Crippen LogP contribution in [0.2, 0.25) is 5.02 Å². The molecule has 0 saturated carbocycles. The van der Waals surface area contributed by atoms with Gasteiger partial charge in [0.1, 0.15) is 11.3 Å². The quantitative estimate of drug-likeness (QED) is 0.0353. The molecule has 1 aromatic heterocycles. The lowest BCUT2D eigenvalue weighted by Crippen LogP contribution is -2.25. The third-order valence-corrected chi connectivity index (χ3v) is 10.9. The molecule has 1 aliphatic carbocycles. The lowest BCUT2D eigenvalue weighted by Gasteiger charge is -2.17. The van der Waals surface area contributed by atoms with E-state index in [9.17, 15) is 43.3 Å². The highest BCUT2D eigenvalue weighted by atomic mass is 35.5. The summed E-state index contributed by atoms with van der Waals surface area (Å²) in [5.74, 6) is -5.30. The summed E-state index contributed by atoms with van der Waals surface area (Å²) in [6.45, 7) is 0.718. The van der Waals surface area contributed by atoms with Crippen LogP contribution >= 0.6 is 11.6 Å². The maximum atomic E-state index is 14.6. The van der Waals surface area contributed by atoms with Gasteiger partial charge in [0.05, 0.1) is 28.0 Å². The van der Waals surface area contributed by atoms with E-state index in [4.69, 9.17) is 21.0 Å². The zero-order valence-electron chi connectivity index (χ0n) is 33.7. The molecular weight excluding hydrogens is 846 g/mol. The molecule has 6 aromatic rings. The van der Waals surface area contributed by atoms with Crippen LogP contribution in [0.15, 0.2) is 129 Å². The average Bonchev–Trinajstić information content (AvgIpc) is 3.61. The summed E-state index contributed by atoms with van der Waals surface area (Å²) in [5, 5.41) is 38.1. The first kappa shape index (κ1) is 42.8. The topological polar surface area (TPSA) is 194 Å². The van der Waals surface area contributed by atoms with Crippen molar-refractivity contribution in [3.8, 4) is 34.1 Å². The number of rotatable bonds is 14. The number of hydrogen-bond donors (Lipinski definition) is 6. The van der Waals surface area contributed by atoms with Crippen molar-refractivity contribution in [2.75, 3.05) is 13.1 Å². The van der Waals surface area contributed by atoms with Crippen molar-refractivity contribution in [3.63, 3.8) is 0 Å². The number of aromatic nitrogens is 1. The number of aromatic hydroxyl groups is 2. The van der Waals surface area contributed by atoms with Gasteiger partial charge in [-0.05, 0) is 79.1 Å². The minimum absolute atomic E-state index is 0.000362. The predicted molar refractivity (Wildman–Crippen MR) is 239 cm³/mol. The number of aromatic amines is 1. The molecule has 0 atom stereocenters. The molecule has 6 N–H and O–H groups in total. The number of nitrogens with one attached hydrogen (secondary N) is 3. The Bertz CT molecular complexity index is 3170. The van der Waals surface area contributed by atoms with E-state index in [1.165, 1.54) is 12.1 Å². The number of nitrogens with zero attached hydrogens (tertiary/aromatic N) is 1. The van der Waals surface area contributed by atoms with E-state index in [0.717, 1.165) is 54.1 Å². The van der Waals surface area contributed by atoms with E-state index in [1.807, 2.05) is 36.4 Å². The van der Waals surface area contributed by atoms with Crippen molar-refractivity contribution in [2.45, 2.75) is 25.7 Å². The van der Waals surface area contributed by atoms with E-state index < -0.39 is 34.7 Å². The van der Waals surface area contributed by atoms with Crippen LogP contribution in [0.25, 0.3) is 44.3 Å². The minimum atomic E-state index is -1.42. The van der Waals surface area contributed by atoms with Crippen molar-refractivity contribution in [1.82, 2.24) is 15.6 Å². The number of fused-ring (bicyclic) bond motifs is 3. The van der Waals surface area contributed by atoms with Gasteiger partial charge >= 0.3 is 5.97 Å². The molecule has 322 valence electrons. The summed E-state index contributed by atoms with van der Waals surface area (Å²) in [6.07, 6.45) is 2.79. The van der Waals surface area contributed by atoms with Crippen molar-refractivity contribution in [2.24, 2.45) is 4.99 Å². The van der Waals surface area contributed by atoms with Gasteiger partial charge in [-0.15, -0.1) is 0 Å². The Hall–Kier alpha value is -7.84. The van der Waals surface area contributed by atoms with Crippen molar-refractivity contribution in [3.05, 3.63) is 170 Å². The molecule has 0 bridgehead atoms. The number of H-pyrrole nitrogens is 1. The fourth-order valence-electron chi connectivity index (χ4n) is 7.56. The molecule has 0 saturated heterocycles. The van der Waals surface area contributed by atoms with Crippen LogP contribution in [0, 0.1) is 11.6 Å². The Balaban J connectivity index is 0.851. The van der Waals surface area contributed by atoms with E-state index in [-0.39, 0.29) is 56.3 Å². The van der Waals surface area contributed by atoms with Crippen LogP contribution in [-0.4, -0.2) is 56.9 Å². The molecule has 1 aliphatic heterocycles. The Morgan fingerprint density at radius 2 is 1.39 bits per heavy atom. The molecule has 5 aromatic carbocycles. The number of carbonyl (C=O) groups excluding carboxylic acids is 2. The maximum absolute atomic E-state index is 14.6. The van der Waals surface area contributed by atoms with Gasteiger partial charge in [0.25, 0.3) is 11.8 Å². The zero-order chi connectivity index (χ0) is 45.1. The summed E-state index contributed by atoms with van der Waals surface area (Å²) in [4.78, 5) is 58.6. The number of amides is 2. The van der Waals surface area contributed by atoms with Gasteiger partial charge in [-0.2, -0.15) is 0 Å². The van der Waals surface area contributed by atoms with Gasteiger partial charge in [0.15, 0.2) is 23.3 Å². The van der Waals surface area contributed by atoms with Gasteiger partial charge in [0, 0.05) is 68.8 Å². The van der Waals surface area contributed by atoms with Gasteiger partial charge < -0.3 is 35.4 Å². The molecule has 64 heavy (non-hydrogen) atoms. The number of benzene rings is 6. The monoisotopic (exact) mass is 882 g/mol. The largest absolute Gasteiger partial charge is 0.505 e. The highest BCUT2D eigenvalue weighted by Crippen LogP contribution is 2.43. The number of hydrogen-bond acceptors (Lipinski definition) is 8. The smallest absolute Gasteiger partial charge is 0.336 e. The average molecular weight is 883 g/mol. The SMILES string of the molecule is O=C(NCCCCCCNC(=O)c1ccc(-c2c3cc(F)c(=O)cc-3oc3cc(O)c(F)cc23)c(C(=O)O)c1)c1ccc(N=C(c2ccccc2)c2c(O)[nH]c3cc(Cl)ccc23)cc1. The number of phenolic OH excluding ortho intramolecular Hbond substituents is 1. The lowest BCUT2D eigenvalue weighted by molar-refractivity contribution is 0.0697. The van der Waals surface area contributed by atoms with Crippen molar-refractivity contribution < 1.29 is 42.9 Å². The summed E-state index contributed by atoms with van der Waals surface area (Å²) >= 11 is 6.18. The molecule has 2 amide bonds. The number of phenols is 1. The molecule has 0 unspecified atom stereocenters. The second kappa shape index (κ2) is 18.2. The maximum Gasteiger partial charge on any atom is 0.336 e. The summed E-state index contributed by atoms with van der Waals surface area (Å²) in [7, 11) is 0. The highest BCUT2D eigenvalue weighted by Gasteiger charge is 2.25. The molecule has 2 aliphatic rings. The van der Waals surface area contributed by atoms with Crippen LogP contribution in [0.4, 0.5) is 14.5 Å². The number of unbranched alkanes of at least 4 members (excludes halogenated alkanes) is 3. The number of halogens is 3. The summed E-state index contributed by atoms with van der Waals surface area (Å²) in [6, 6.07) is 29.1. The van der Waals surface area contributed by atoms with Gasteiger partial charge in [-0.25, -0.2) is 18.6 Å². The van der Waals surface area contributed by atoms with E-state index in [1.54, 1.807) is 36.4 Å². The van der Waals surface area contributed by atoms with Gasteiger partial charge in [0.2, 0.25) is 5.43 Å². The number of aromatic carboxylic acids is 1. The number of carboxylic acid groups (broad SMARTS) is 1. The Morgan fingerprint density at radius 3 is 2.09 bits per heavy atom. The van der Waals surface area contributed by atoms with Crippen LogP contribution in [0.5, 0.6) is 11.6 Å². The molecule has 0 fully saturated rings. The Morgan fingerprint density at radius 1 is 0.703 bits per heavy atom. The van der Waals surface area contributed by atoms with E-state index in [0.29, 0.717) is 59.0 Å². The fourth-order valence-corrected chi connectivity index (χ4v) is 7.73. The molecule has 15 heteroatoms. The lowest BCUT2D eigenvalue weighted by atomic mass is 9.89. The number of carboxylic acids is 1. The molecular formula is C49H37ClF2N4O8. The summed E-state index contributed by atoms with van der Waals surface area (Å²) in [5.41, 5.74) is 2.18. The van der Waals surface area contributed by atoms with Crippen LogP contribution in [0.3, 0.4) is 0 Å². The second-order valence-electron chi connectivity index (χ2n) is 15.0. The van der Waals surface area contributed by atoms with Crippen LogP contribution < -0.4 is 16.1 Å². The third-order valence-electron chi connectivity index (χ3n) is 10.7. The number of carbonyl (C=O) groups is 3. The number of aliphatic imine (C=N–C) groups is 1. The first-order valence-corrected chi connectivity index (χ1v) is 20.5. The van der Waals surface area contributed by atoms with Gasteiger partial charge in [-0.1, -0.05) is 66.9 Å². The van der Waals surface area contributed by atoms with E-state index in [2.05, 4.69) is 15.6 Å². The molecule has 0 spiro atoms. The normalized spacial score (nSPS) is 11.6. The first-order chi connectivity index (χ1) is 30.9. The molecule has 12 nitrogen and oxygen atoms in total. The van der Waals surface area contributed by atoms with E-state index >= 15 is 0 Å². The molecule has 8 rings (SSSR count). The highest BCUT2D eigenvalue weighted by molar-refractivity contribution is 6.31. The molecule has 0 radical (unpaired) electrons. The minimum Gasteiger partial charge on any atom is -0.505 e. The van der Waals surface area contributed by atoms with Crippen LogP contribution in [0.1, 0.15) is 67.9 Å². The second-order valence-corrected chi connectivity index (χ2v) is 15.4. The molecule has 2 heterocycles. The standard InChI is InChI=1S/C49H37ClF2N4O8/c50-29-13-17-32-38(21-29)56-48(61)44(32)45(26-8-4-3-5-9-26)55-30-14-10-27(11-15-30)46(59)53-18-6-1-2-7-19-54-47(60)28-12-16-31(33(20-28)49(62)63)43-34-22-36(51)39(57)24-41(34)64-42-25-40(58)37(52)23-35(42)43/h3-5,8-17,20-25,56-57,61H,1-2,6-7,18-19H2,(H,53,59)(H,54,60)(H,62,63). The fraction of sp³-hybridized carbons (Fsp3) is 0.122. The van der Waals surface area contributed by atoms with Crippen molar-refractivity contribution >= 4 is 62.7 Å². The van der Waals surface area contributed by atoms with Crippen molar-refractivity contribution in [1.29, 1.82) is 0 Å². The predicted octanol–water partition coefficient (Wildman–Crippen LogP) is 9.98. The first-order valence-electron chi connectivity index (χ1n) is 20.1. The van der Waals surface area contributed by atoms with Gasteiger partial charge in [-0.3, -0.25) is 14.4 Å². The Kier molecular flexibility index (Phi) is 12.2. The zero-order valence-corrected chi connectivity index (χ0v) is 34.4. The summed E-state index contributed by atoms with van der Waals surface area (Å²) < 4.78 is 34.8. The third kappa shape index (κ3) is 8.90. The van der Waals surface area contributed by atoms with Crippen LogP contribution in [-0.2, 0) is 0 Å². The Labute approximate surface area is 367 Å².